The van der Waals surface area contributed by atoms with E-state index in [9.17, 15) is 9.18 Å². The Morgan fingerprint density at radius 1 is 1.16 bits per heavy atom. The smallest absolute Gasteiger partial charge is 0.293 e. The Morgan fingerprint density at radius 2 is 1.94 bits per heavy atom. The molecule has 164 valence electrons. The molecule has 0 aliphatic heterocycles. The van der Waals surface area contributed by atoms with Crippen LogP contribution in [0.25, 0.3) is 0 Å². The minimum absolute atomic E-state index is 0.109. The van der Waals surface area contributed by atoms with Gasteiger partial charge in [0, 0.05) is 5.02 Å². The summed E-state index contributed by atoms with van der Waals surface area (Å²) in [6.07, 6.45) is 1.44. The zero-order valence-electron chi connectivity index (χ0n) is 17.4. The van der Waals surface area contributed by atoms with Crippen LogP contribution in [0.5, 0.6) is 5.75 Å². The van der Waals surface area contributed by atoms with Crippen molar-refractivity contribution in [3.8, 4) is 5.75 Å². The number of carbonyl (C=O) groups is 1. The summed E-state index contributed by atoms with van der Waals surface area (Å²) in [6.45, 7) is 4.47. The fourth-order valence-corrected chi connectivity index (χ4v) is 3.39. The molecule has 0 fully saturated rings. The van der Waals surface area contributed by atoms with Crippen LogP contribution in [0.3, 0.4) is 0 Å². The molecule has 2 aromatic carbocycles. The average Bonchev–Trinajstić information content (AvgIpc) is 3.37. The Kier molecular flexibility index (Phi) is 6.23. The fraction of sp³-hybridized carbons (Fsp3) is 0.174. The monoisotopic (exact) mass is 454 g/mol. The number of anilines is 1. The molecule has 0 atom stereocenters. The van der Waals surface area contributed by atoms with Crippen LogP contribution in [0.15, 0.2) is 59.3 Å². The van der Waals surface area contributed by atoms with E-state index in [0.717, 1.165) is 16.9 Å². The van der Waals surface area contributed by atoms with E-state index < -0.39 is 11.7 Å². The molecular formula is C23H20ClFN4O3. The third kappa shape index (κ3) is 5.33. The molecule has 9 heteroatoms. The summed E-state index contributed by atoms with van der Waals surface area (Å²) in [7, 11) is 0. The number of aryl methyl sites for hydroxylation is 2. The molecule has 1 N–H and O–H groups in total. The topological polar surface area (TPSA) is 82.2 Å². The maximum Gasteiger partial charge on any atom is 0.293 e. The molecule has 1 amide bonds. The van der Waals surface area contributed by atoms with Gasteiger partial charge in [0.25, 0.3) is 5.91 Å². The first kappa shape index (κ1) is 21.6. The Labute approximate surface area is 188 Å². The lowest BCUT2D eigenvalue weighted by molar-refractivity contribution is 0.0991. The Morgan fingerprint density at radius 3 is 2.69 bits per heavy atom. The fourth-order valence-electron chi connectivity index (χ4n) is 3.16. The largest absolute Gasteiger partial charge is 0.486 e. The van der Waals surface area contributed by atoms with E-state index in [0.29, 0.717) is 11.3 Å². The van der Waals surface area contributed by atoms with Gasteiger partial charge < -0.3 is 9.15 Å². The number of nitrogens with one attached hydrogen (secondary N) is 1. The van der Waals surface area contributed by atoms with Crippen molar-refractivity contribution in [2.24, 2.45) is 0 Å². The third-order valence-corrected chi connectivity index (χ3v) is 4.92. The molecule has 7 nitrogen and oxygen atoms in total. The molecule has 0 radical (unpaired) electrons. The van der Waals surface area contributed by atoms with Gasteiger partial charge in [-0.05, 0) is 66.9 Å². The standard InChI is InChI=1S/C23H20ClFN4O3/c1-14-7-15(2)9-19(8-14)31-12-18-5-6-21(32-18)22(30)27-23-26-13-29(28-23)11-16-3-4-17(25)10-20(16)24/h3-10,13H,11-12H2,1-2H3,(H,27,28,30). The van der Waals surface area contributed by atoms with E-state index in [1.807, 2.05) is 26.0 Å². The number of aromatic nitrogens is 3. The highest BCUT2D eigenvalue weighted by molar-refractivity contribution is 6.31. The van der Waals surface area contributed by atoms with E-state index in [1.165, 1.54) is 23.1 Å². The van der Waals surface area contributed by atoms with Crippen LogP contribution in [-0.4, -0.2) is 20.7 Å². The number of halogens is 2. The van der Waals surface area contributed by atoms with Crippen LogP contribution in [0.1, 0.15) is 33.0 Å². The number of furan rings is 1. The van der Waals surface area contributed by atoms with Gasteiger partial charge in [0.2, 0.25) is 5.95 Å². The van der Waals surface area contributed by atoms with E-state index in [4.69, 9.17) is 20.8 Å². The predicted octanol–water partition coefficient (Wildman–Crippen LogP) is 5.16. The first-order chi connectivity index (χ1) is 15.4. The molecular weight excluding hydrogens is 435 g/mol. The number of ether oxygens (including phenoxy) is 1. The summed E-state index contributed by atoms with van der Waals surface area (Å²) >= 11 is 6.04. The van der Waals surface area contributed by atoms with Crippen molar-refractivity contribution in [1.29, 1.82) is 0 Å². The van der Waals surface area contributed by atoms with Gasteiger partial charge in [0.05, 0.1) is 6.54 Å². The van der Waals surface area contributed by atoms with Gasteiger partial charge >= 0.3 is 0 Å². The average molecular weight is 455 g/mol. The molecule has 0 unspecified atom stereocenters. The minimum Gasteiger partial charge on any atom is -0.486 e. The predicted molar refractivity (Wildman–Crippen MR) is 117 cm³/mol. The van der Waals surface area contributed by atoms with Crippen molar-refractivity contribution in [3.05, 3.63) is 93.9 Å². The Hall–Kier alpha value is -3.65. The molecule has 0 aliphatic rings. The Balaban J connectivity index is 1.35. The lowest BCUT2D eigenvalue weighted by Crippen LogP contribution is -2.12. The van der Waals surface area contributed by atoms with Crippen LogP contribution in [-0.2, 0) is 13.2 Å². The summed E-state index contributed by atoms with van der Waals surface area (Å²) in [5.41, 5.74) is 2.89. The van der Waals surface area contributed by atoms with E-state index in [-0.39, 0.29) is 29.9 Å². The molecule has 0 saturated heterocycles. The highest BCUT2D eigenvalue weighted by Gasteiger charge is 2.14. The number of amides is 1. The van der Waals surface area contributed by atoms with Crippen molar-refractivity contribution in [2.45, 2.75) is 27.0 Å². The molecule has 4 aromatic rings. The number of benzene rings is 2. The van der Waals surface area contributed by atoms with Crippen molar-refractivity contribution in [3.63, 3.8) is 0 Å². The zero-order valence-corrected chi connectivity index (χ0v) is 18.2. The first-order valence-electron chi connectivity index (χ1n) is 9.80. The van der Waals surface area contributed by atoms with Gasteiger partial charge in [-0.15, -0.1) is 5.10 Å². The third-order valence-electron chi connectivity index (χ3n) is 4.57. The van der Waals surface area contributed by atoms with Gasteiger partial charge in [-0.2, -0.15) is 0 Å². The lowest BCUT2D eigenvalue weighted by Gasteiger charge is -2.06. The lowest BCUT2D eigenvalue weighted by atomic mass is 10.1. The van der Waals surface area contributed by atoms with Crippen LogP contribution >= 0.6 is 11.6 Å². The van der Waals surface area contributed by atoms with Crippen molar-refractivity contribution in [2.75, 3.05) is 5.32 Å². The van der Waals surface area contributed by atoms with Crippen LogP contribution < -0.4 is 10.1 Å². The molecule has 0 aliphatic carbocycles. The van der Waals surface area contributed by atoms with Gasteiger partial charge in [-0.1, -0.05) is 23.7 Å². The number of hydrogen-bond acceptors (Lipinski definition) is 5. The van der Waals surface area contributed by atoms with Crippen LogP contribution in [0.2, 0.25) is 5.02 Å². The molecule has 0 saturated carbocycles. The van der Waals surface area contributed by atoms with Gasteiger partial charge in [0.1, 0.15) is 30.3 Å². The van der Waals surface area contributed by atoms with Gasteiger partial charge in [0.15, 0.2) is 5.76 Å². The number of carbonyl (C=O) groups excluding carboxylic acids is 1. The maximum absolute atomic E-state index is 13.2. The van der Waals surface area contributed by atoms with Crippen LogP contribution in [0, 0.1) is 19.7 Å². The second kappa shape index (κ2) is 9.23. The van der Waals surface area contributed by atoms with Gasteiger partial charge in [-0.25, -0.2) is 14.1 Å². The zero-order chi connectivity index (χ0) is 22.7. The van der Waals surface area contributed by atoms with E-state index in [1.54, 1.807) is 18.2 Å². The quantitative estimate of drug-likeness (QED) is 0.417. The van der Waals surface area contributed by atoms with Crippen molar-refractivity contribution in [1.82, 2.24) is 14.8 Å². The SMILES string of the molecule is Cc1cc(C)cc(OCc2ccc(C(=O)Nc3ncn(Cc4ccc(F)cc4Cl)n3)o2)c1. The number of rotatable bonds is 7. The molecule has 0 spiro atoms. The van der Waals surface area contributed by atoms with Crippen LogP contribution in [0.4, 0.5) is 10.3 Å². The van der Waals surface area contributed by atoms with Crippen molar-refractivity contribution >= 4 is 23.5 Å². The number of hydrogen-bond donors (Lipinski definition) is 1. The minimum atomic E-state index is -0.486. The number of nitrogens with zero attached hydrogens (tertiary/aromatic N) is 3. The molecule has 32 heavy (non-hydrogen) atoms. The molecule has 4 rings (SSSR count). The van der Waals surface area contributed by atoms with Gasteiger partial charge in [-0.3, -0.25) is 10.1 Å². The summed E-state index contributed by atoms with van der Waals surface area (Å²) in [5, 5.41) is 7.06. The molecule has 0 bridgehead atoms. The highest BCUT2D eigenvalue weighted by atomic mass is 35.5. The summed E-state index contributed by atoms with van der Waals surface area (Å²) < 4.78 is 26.0. The summed E-state index contributed by atoms with van der Waals surface area (Å²) in [4.78, 5) is 16.5. The van der Waals surface area contributed by atoms with Crippen molar-refractivity contribution < 1.29 is 18.3 Å². The van der Waals surface area contributed by atoms with E-state index in [2.05, 4.69) is 21.5 Å². The molecule has 2 heterocycles. The second-order valence-electron chi connectivity index (χ2n) is 7.33. The summed E-state index contributed by atoms with van der Waals surface area (Å²) in [6, 6.07) is 13.3. The Bertz CT molecular complexity index is 1250. The molecule has 2 aromatic heterocycles. The highest BCUT2D eigenvalue weighted by Crippen LogP contribution is 2.20. The summed E-state index contributed by atoms with van der Waals surface area (Å²) in [5.74, 6) is 0.571. The normalized spacial score (nSPS) is 10.9. The second-order valence-corrected chi connectivity index (χ2v) is 7.74. The maximum atomic E-state index is 13.2. The first-order valence-corrected chi connectivity index (χ1v) is 10.2. The van der Waals surface area contributed by atoms with E-state index >= 15 is 0 Å².